The normalized spacial score (nSPS) is 10.5. The Kier molecular flexibility index (Phi) is 3.61. The summed E-state index contributed by atoms with van der Waals surface area (Å²) >= 11 is 0. The molecular formula is C9H8FN3O2. The van der Waals surface area contributed by atoms with Gasteiger partial charge in [0, 0.05) is 24.9 Å². The Labute approximate surface area is 84.9 Å². The van der Waals surface area contributed by atoms with Gasteiger partial charge in [0.1, 0.15) is 0 Å². The van der Waals surface area contributed by atoms with Crippen LogP contribution in [0, 0.1) is 21.3 Å². The first-order valence-corrected chi connectivity index (χ1v) is 4.10. The van der Waals surface area contributed by atoms with Gasteiger partial charge >= 0.3 is 0 Å². The number of nitrogens with one attached hydrogen (secondary N) is 1. The van der Waals surface area contributed by atoms with Crippen molar-refractivity contribution in [1.82, 2.24) is 0 Å². The highest BCUT2D eigenvalue weighted by Crippen LogP contribution is 2.22. The van der Waals surface area contributed by atoms with Gasteiger partial charge in [-0.3, -0.25) is 15.1 Å². The number of hydrogen-bond acceptors (Lipinski definition) is 4. The molecule has 0 spiro atoms. The second-order valence-corrected chi connectivity index (χ2v) is 2.64. The molecule has 0 saturated heterocycles. The molecule has 1 aromatic rings. The van der Waals surface area contributed by atoms with E-state index in [1.165, 1.54) is 18.3 Å². The van der Waals surface area contributed by atoms with E-state index in [0.717, 1.165) is 12.3 Å². The van der Waals surface area contributed by atoms with Gasteiger partial charge < -0.3 is 5.41 Å². The maximum absolute atomic E-state index is 13.2. The third-order valence-corrected chi connectivity index (χ3v) is 1.60. The summed E-state index contributed by atoms with van der Waals surface area (Å²) < 4.78 is 13.2. The monoisotopic (exact) mass is 209 g/mol. The SMILES string of the molecule is N=CCC=Nc1ccc([N+](=O)[O-])cc1F. The summed E-state index contributed by atoms with van der Waals surface area (Å²) in [6, 6.07) is 3.23. The average Bonchev–Trinajstić information content (AvgIpc) is 2.20. The zero-order chi connectivity index (χ0) is 11.3. The van der Waals surface area contributed by atoms with Gasteiger partial charge in [0.15, 0.2) is 5.82 Å². The molecule has 0 heterocycles. The predicted molar refractivity (Wildman–Crippen MR) is 54.6 cm³/mol. The second-order valence-electron chi connectivity index (χ2n) is 2.64. The number of nitro benzene ring substituents is 1. The van der Waals surface area contributed by atoms with Gasteiger partial charge in [-0.2, -0.15) is 0 Å². The summed E-state index contributed by atoms with van der Waals surface area (Å²) in [6.45, 7) is 0. The summed E-state index contributed by atoms with van der Waals surface area (Å²) in [5, 5.41) is 17.0. The third kappa shape index (κ3) is 2.94. The van der Waals surface area contributed by atoms with Crippen LogP contribution in [0.2, 0.25) is 0 Å². The molecule has 0 aliphatic carbocycles. The number of benzene rings is 1. The Morgan fingerprint density at radius 2 is 2.33 bits per heavy atom. The summed E-state index contributed by atoms with van der Waals surface area (Å²) in [6.07, 6.45) is 2.78. The molecule has 0 radical (unpaired) electrons. The summed E-state index contributed by atoms with van der Waals surface area (Å²) in [5.41, 5.74) is -0.277. The summed E-state index contributed by atoms with van der Waals surface area (Å²) in [7, 11) is 0. The third-order valence-electron chi connectivity index (χ3n) is 1.60. The van der Waals surface area contributed by atoms with Crippen molar-refractivity contribution in [3.05, 3.63) is 34.1 Å². The zero-order valence-electron chi connectivity index (χ0n) is 7.68. The molecule has 1 rings (SSSR count). The lowest BCUT2D eigenvalue weighted by Gasteiger charge is -1.95. The van der Waals surface area contributed by atoms with E-state index in [4.69, 9.17) is 5.41 Å². The van der Waals surface area contributed by atoms with Crippen LogP contribution in [0.5, 0.6) is 0 Å². The molecule has 15 heavy (non-hydrogen) atoms. The van der Waals surface area contributed by atoms with Crippen LogP contribution in [0.1, 0.15) is 6.42 Å². The first-order valence-electron chi connectivity index (χ1n) is 4.10. The van der Waals surface area contributed by atoms with E-state index in [1.54, 1.807) is 0 Å². The lowest BCUT2D eigenvalue weighted by atomic mass is 10.3. The highest BCUT2D eigenvalue weighted by molar-refractivity contribution is 5.79. The Bertz CT molecular complexity index is 418. The molecule has 1 N–H and O–H groups in total. The lowest BCUT2D eigenvalue weighted by Crippen LogP contribution is -1.88. The van der Waals surface area contributed by atoms with E-state index < -0.39 is 10.7 Å². The minimum absolute atomic E-state index is 0.0300. The van der Waals surface area contributed by atoms with Gasteiger partial charge in [0.2, 0.25) is 0 Å². The van der Waals surface area contributed by atoms with Crippen LogP contribution in [0.3, 0.4) is 0 Å². The van der Waals surface area contributed by atoms with Crippen LogP contribution in [-0.4, -0.2) is 17.4 Å². The highest BCUT2D eigenvalue weighted by atomic mass is 19.1. The van der Waals surface area contributed by atoms with Gasteiger partial charge in [-0.25, -0.2) is 4.39 Å². The molecular weight excluding hydrogens is 201 g/mol. The number of aliphatic imine (C=N–C) groups is 1. The first kappa shape index (κ1) is 11.0. The van der Waals surface area contributed by atoms with Crippen molar-refractivity contribution in [2.75, 3.05) is 0 Å². The quantitative estimate of drug-likeness (QED) is 0.469. The van der Waals surface area contributed by atoms with E-state index >= 15 is 0 Å². The molecule has 0 unspecified atom stereocenters. The number of hydrogen-bond donors (Lipinski definition) is 1. The molecule has 0 aliphatic heterocycles. The molecule has 0 atom stereocenters. The average molecular weight is 209 g/mol. The summed E-state index contributed by atoms with van der Waals surface area (Å²) in [5.74, 6) is -0.745. The van der Waals surface area contributed by atoms with Crippen LogP contribution >= 0.6 is 0 Å². The Morgan fingerprint density at radius 1 is 1.60 bits per heavy atom. The molecule has 0 bridgehead atoms. The van der Waals surface area contributed by atoms with Gasteiger partial charge in [-0.15, -0.1) is 0 Å². The van der Waals surface area contributed by atoms with Crippen LogP contribution in [0.4, 0.5) is 15.8 Å². The standard InChI is InChI=1S/C9H8FN3O2/c10-8-6-7(13(14)15)2-3-9(8)12-5-1-4-11/h2-6,11H,1H2. The molecule has 5 nitrogen and oxygen atoms in total. The fourth-order valence-electron chi connectivity index (χ4n) is 0.918. The number of rotatable bonds is 4. The largest absolute Gasteiger partial charge is 0.313 e. The van der Waals surface area contributed by atoms with Gasteiger partial charge in [-0.05, 0) is 6.07 Å². The topological polar surface area (TPSA) is 79.3 Å². The second kappa shape index (κ2) is 4.94. The molecule has 6 heteroatoms. The van der Waals surface area contributed by atoms with Crippen molar-refractivity contribution in [3.63, 3.8) is 0 Å². The number of nitro groups is 1. The van der Waals surface area contributed by atoms with E-state index in [-0.39, 0.29) is 11.4 Å². The van der Waals surface area contributed by atoms with E-state index in [9.17, 15) is 14.5 Å². The highest BCUT2D eigenvalue weighted by Gasteiger charge is 2.09. The Morgan fingerprint density at radius 3 is 2.87 bits per heavy atom. The van der Waals surface area contributed by atoms with Gasteiger partial charge in [0.25, 0.3) is 5.69 Å². The van der Waals surface area contributed by atoms with Crippen molar-refractivity contribution >= 4 is 23.8 Å². The zero-order valence-corrected chi connectivity index (χ0v) is 7.68. The molecule has 78 valence electrons. The van der Waals surface area contributed by atoms with Crippen LogP contribution in [0.25, 0.3) is 0 Å². The van der Waals surface area contributed by atoms with E-state index in [2.05, 4.69) is 4.99 Å². The Hall–Kier alpha value is -2.11. The van der Waals surface area contributed by atoms with Crippen LogP contribution in [0.15, 0.2) is 23.2 Å². The van der Waals surface area contributed by atoms with Crippen LogP contribution in [-0.2, 0) is 0 Å². The molecule has 0 fully saturated rings. The predicted octanol–water partition coefficient (Wildman–Crippen LogP) is 2.48. The maximum Gasteiger partial charge on any atom is 0.272 e. The van der Waals surface area contributed by atoms with Crippen molar-refractivity contribution in [2.45, 2.75) is 6.42 Å². The van der Waals surface area contributed by atoms with E-state index in [0.29, 0.717) is 6.42 Å². The van der Waals surface area contributed by atoms with Crippen molar-refractivity contribution in [1.29, 1.82) is 5.41 Å². The molecule has 0 saturated carbocycles. The fourth-order valence-corrected chi connectivity index (χ4v) is 0.918. The van der Waals surface area contributed by atoms with Gasteiger partial charge in [-0.1, -0.05) is 0 Å². The number of nitrogens with zero attached hydrogens (tertiary/aromatic N) is 2. The fraction of sp³-hybridized carbons (Fsp3) is 0.111. The van der Waals surface area contributed by atoms with E-state index in [1.807, 2.05) is 0 Å². The first-order chi connectivity index (χ1) is 7.15. The Balaban J connectivity index is 2.93. The number of non-ortho nitro benzene ring substituents is 1. The van der Waals surface area contributed by atoms with Crippen molar-refractivity contribution in [3.8, 4) is 0 Å². The molecule has 1 aromatic carbocycles. The minimum atomic E-state index is -0.745. The molecule has 0 aromatic heterocycles. The minimum Gasteiger partial charge on any atom is -0.313 e. The van der Waals surface area contributed by atoms with Crippen molar-refractivity contribution < 1.29 is 9.31 Å². The van der Waals surface area contributed by atoms with Gasteiger partial charge in [0.05, 0.1) is 16.7 Å². The molecule has 0 amide bonds. The number of halogens is 1. The smallest absolute Gasteiger partial charge is 0.272 e. The van der Waals surface area contributed by atoms with Crippen molar-refractivity contribution in [2.24, 2.45) is 4.99 Å². The van der Waals surface area contributed by atoms with Crippen LogP contribution < -0.4 is 0 Å². The lowest BCUT2D eigenvalue weighted by molar-refractivity contribution is -0.385. The summed E-state index contributed by atoms with van der Waals surface area (Å²) in [4.78, 5) is 13.3. The maximum atomic E-state index is 13.2. The molecule has 0 aliphatic rings.